The molecule has 2 aliphatic rings. The number of hydrogen-bond donors (Lipinski definition) is 0. The standard InChI is InChI=1S/C20H32O5/c1-3-4-5-7-16(21)9-12-20-11-6-8-18(20)25-17(14-20)15-24-13-10-19(22)23-2/h9,12,17-18H,3-8,10-11,13-15H2,1-2H3/b12-9+/t17-,18-,20+/m0/s1. The van der Waals surface area contributed by atoms with Gasteiger partial charge >= 0.3 is 5.97 Å². The summed E-state index contributed by atoms with van der Waals surface area (Å²) in [6, 6.07) is 0. The van der Waals surface area contributed by atoms with Gasteiger partial charge in [0.1, 0.15) is 0 Å². The van der Waals surface area contributed by atoms with Gasteiger partial charge in [-0.15, -0.1) is 0 Å². The fourth-order valence-electron chi connectivity index (χ4n) is 3.93. The van der Waals surface area contributed by atoms with Crippen LogP contribution in [-0.2, 0) is 23.8 Å². The van der Waals surface area contributed by atoms with Gasteiger partial charge in [0.05, 0.1) is 39.0 Å². The first-order valence-electron chi connectivity index (χ1n) is 9.61. The maximum absolute atomic E-state index is 12.0. The predicted octanol–water partition coefficient (Wildman–Crippen LogP) is 3.60. The normalized spacial score (nSPS) is 28.4. The lowest BCUT2D eigenvalue weighted by Crippen LogP contribution is -2.22. The molecule has 5 nitrogen and oxygen atoms in total. The summed E-state index contributed by atoms with van der Waals surface area (Å²) in [7, 11) is 1.38. The van der Waals surface area contributed by atoms with Crippen LogP contribution in [0, 0.1) is 5.41 Å². The van der Waals surface area contributed by atoms with E-state index < -0.39 is 0 Å². The molecule has 0 spiro atoms. The second-order valence-corrected chi connectivity index (χ2v) is 7.23. The minimum atomic E-state index is -0.259. The summed E-state index contributed by atoms with van der Waals surface area (Å²) < 4.78 is 16.3. The molecule has 0 radical (unpaired) electrons. The van der Waals surface area contributed by atoms with Crippen molar-refractivity contribution in [2.24, 2.45) is 5.41 Å². The first-order valence-corrected chi connectivity index (χ1v) is 9.61. The third-order valence-corrected chi connectivity index (χ3v) is 5.32. The summed E-state index contributed by atoms with van der Waals surface area (Å²) in [5, 5.41) is 0. The zero-order valence-corrected chi connectivity index (χ0v) is 15.6. The van der Waals surface area contributed by atoms with Gasteiger partial charge in [-0.1, -0.05) is 25.8 Å². The van der Waals surface area contributed by atoms with Gasteiger partial charge in [-0.3, -0.25) is 9.59 Å². The smallest absolute Gasteiger partial charge is 0.307 e. The van der Waals surface area contributed by atoms with Crippen LogP contribution < -0.4 is 0 Å². The Balaban J connectivity index is 1.79. The van der Waals surface area contributed by atoms with Gasteiger partial charge < -0.3 is 14.2 Å². The molecule has 5 heteroatoms. The molecule has 1 saturated heterocycles. The van der Waals surface area contributed by atoms with Gasteiger partial charge in [0.25, 0.3) is 0 Å². The van der Waals surface area contributed by atoms with Crippen LogP contribution >= 0.6 is 0 Å². The quantitative estimate of drug-likeness (QED) is 0.323. The topological polar surface area (TPSA) is 61.8 Å². The summed E-state index contributed by atoms with van der Waals surface area (Å²) in [5.74, 6) is -0.0311. The average Bonchev–Trinajstić information content (AvgIpc) is 3.14. The largest absolute Gasteiger partial charge is 0.469 e. The molecular weight excluding hydrogens is 320 g/mol. The van der Waals surface area contributed by atoms with E-state index in [-0.39, 0.29) is 35.8 Å². The number of carbonyl (C=O) groups is 2. The number of esters is 1. The molecule has 0 aromatic heterocycles. The first-order chi connectivity index (χ1) is 12.1. The second-order valence-electron chi connectivity index (χ2n) is 7.23. The van der Waals surface area contributed by atoms with E-state index in [1.165, 1.54) is 7.11 Å². The predicted molar refractivity (Wildman–Crippen MR) is 95.3 cm³/mol. The molecule has 1 aliphatic carbocycles. The second kappa shape index (κ2) is 10.1. The van der Waals surface area contributed by atoms with Crippen molar-refractivity contribution in [3.8, 4) is 0 Å². The molecule has 0 N–H and O–H groups in total. The Hall–Kier alpha value is -1.20. The molecular formula is C20H32O5. The Morgan fingerprint density at radius 3 is 2.88 bits per heavy atom. The number of allylic oxidation sites excluding steroid dienone is 1. The van der Waals surface area contributed by atoms with Gasteiger partial charge in [-0.2, -0.15) is 0 Å². The number of unbranched alkanes of at least 4 members (excludes halogenated alkanes) is 2. The van der Waals surface area contributed by atoms with Crippen molar-refractivity contribution >= 4 is 11.8 Å². The van der Waals surface area contributed by atoms with E-state index in [4.69, 9.17) is 9.47 Å². The van der Waals surface area contributed by atoms with Crippen LogP contribution in [0.15, 0.2) is 12.2 Å². The summed E-state index contributed by atoms with van der Waals surface area (Å²) in [5.41, 5.74) is -0.00318. The van der Waals surface area contributed by atoms with Crippen molar-refractivity contribution in [2.45, 2.75) is 76.9 Å². The molecule has 3 atom stereocenters. The third kappa shape index (κ3) is 5.93. The molecule has 0 amide bonds. The molecule has 25 heavy (non-hydrogen) atoms. The van der Waals surface area contributed by atoms with E-state index in [0.717, 1.165) is 44.9 Å². The van der Waals surface area contributed by atoms with Crippen LogP contribution in [0.1, 0.15) is 64.7 Å². The molecule has 0 aromatic rings. The third-order valence-electron chi connectivity index (χ3n) is 5.32. The zero-order chi connectivity index (χ0) is 18.1. The molecule has 1 aliphatic heterocycles. The lowest BCUT2D eigenvalue weighted by Gasteiger charge is -2.23. The molecule has 1 saturated carbocycles. The monoisotopic (exact) mass is 352 g/mol. The zero-order valence-electron chi connectivity index (χ0n) is 15.6. The highest BCUT2D eigenvalue weighted by molar-refractivity contribution is 5.89. The minimum absolute atomic E-state index is 0.00318. The van der Waals surface area contributed by atoms with Crippen LogP contribution in [0.25, 0.3) is 0 Å². The van der Waals surface area contributed by atoms with Gasteiger partial charge in [0.15, 0.2) is 5.78 Å². The Kier molecular flexibility index (Phi) is 8.10. The van der Waals surface area contributed by atoms with Gasteiger partial charge in [0, 0.05) is 11.8 Å². The van der Waals surface area contributed by atoms with Crippen LogP contribution in [0.3, 0.4) is 0 Å². The van der Waals surface area contributed by atoms with Crippen molar-refractivity contribution in [3.63, 3.8) is 0 Å². The maximum atomic E-state index is 12.0. The number of rotatable bonds is 11. The Morgan fingerprint density at radius 1 is 1.28 bits per heavy atom. The van der Waals surface area contributed by atoms with Crippen LogP contribution in [0.5, 0.6) is 0 Å². The van der Waals surface area contributed by atoms with Crippen molar-refractivity contribution in [1.29, 1.82) is 0 Å². The van der Waals surface area contributed by atoms with Crippen molar-refractivity contribution < 1.29 is 23.8 Å². The molecule has 0 bridgehead atoms. The van der Waals surface area contributed by atoms with Crippen LogP contribution in [0.4, 0.5) is 0 Å². The number of ether oxygens (including phenoxy) is 3. The number of methoxy groups -OCH3 is 1. The van der Waals surface area contributed by atoms with E-state index in [2.05, 4.69) is 17.7 Å². The van der Waals surface area contributed by atoms with Crippen LogP contribution in [-0.4, -0.2) is 44.3 Å². The minimum Gasteiger partial charge on any atom is -0.469 e. The number of hydrogen-bond acceptors (Lipinski definition) is 5. The Labute approximate surface area is 151 Å². The average molecular weight is 352 g/mol. The highest BCUT2D eigenvalue weighted by Crippen LogP contribution is 2.50. The SMILES string of the molecule is CCCCCC(=O)/C=C/[C@@]12CCC[C@@H]1O[C@H](COCCC(=O)OC)C2. The van der Waals surface area contributed by atoms with Gasteiger partial charge in [-0.25, -0.2) is 0 Å². The highest BCUT2D eigenvalue weighted by Gasteiger charge is 2.49. The van der Waals surface area contributed by atoms with Crippen LogP contribution in [0.2, 0.25) is 0 Å². The Morgan fingerprint density at radius 2 is 2.12 bits per heavy atom. The number of ketones is 1. The summed E-state index contributed by atoms with van der Waals surface area (Å²) in [4.78, 5) is 23.1. The van der Waals surface area contributed by atoms with E-state index in [0.29, 0.717) is 19.6 Å². The van der Waals surface area contributed by atoms with E-state index in [9.17, 15) is 9.59 Å². The molecule has 0 unspecified atom stereocenters. The first kappa shape index (κ1) is 20.1. The lowest BCUT2D eigenvalue weighted by atomic mass is 9.80. The lowest BCUT2D eigenvalue weighted by molar-refractivity contribution is -0.142. The number of carbonyl (C=O) groups excluding carboxylic acids is 2. The maximum Gasteiger partial charge on any atom is 0.307 e. The molecule has 0 aromatic carbocycles. The highest BCUT2D eigenvalue weighted by atomic mass is 16.5. The number of fused-ring (bicyclic) bond motifs is 1. The van der Waals surface area contributed by atoms with E-state index in [1.54, 1.807) is 6.08 Å². The fourth-order valence-corrected chi connectivity index (χ4v) is 3.93. The molecule has 1 heterocycles. The summed E-state index contributed by atoms with van der Waals surface area (Å²) in [6.07, 6.45) is 12.5. The van der Waals surface area contributed by atoms with Crippen molar-refractivity contribution in [2.75, 3.05) is 20.3 Å². The molecule has 2 fully saturated rings. The summed E-state index contributed by atoms with van der Waals surface area (Å²) in [6.45, 7) is 3.00. The van der Waals surface area contributed by atoms with Crippen molar-refractivity contribution in [1.82, 2.24) is 0 Å². The van der Waals surface area contributed by atoms with E-state index in [1.807, 2.05) is 0 Å². The van der Waals surface area contributed by atoms with Crippen molar-refractivity contribution in [3.05, 3.63) is 12.2 Å². The Bertz CT molecular complexity index is 473. The van der Waals surface area contributed by atoms with E-state index >= 15 is 0 Å². The van der Waals surface area contributed by atoms with Gasteiger partial charge in [0.2, 0.25) is 0 Å². The fraction of sp³-hybridized carbons (Fsp3) is 0.800. The van der Waals surface area contributed by atoms with Gasteiger partial charge in [-0.05, 0) is 38.2 Å². The summed E-state index contributed by atoms with van der Waals surface area (Å²) >= 11 is 0. The molecule has 142 valence electrons. The molecule has 2 rings (SSSR count).